The predicted octanol–water partition coefficient (Wildman–Crippen LogP) is 4.44. The number of aromatic nitrogens is 2. The van der Waals surface area contributed by atoms with Crippen molar-refractivity contribution < 1.29 is 0 Å². The first-order chi connectivity index (χ1) is 11.8. The number of anilines is 3. The van der Waals surface area contributed by atoms with E-state index in [1.807, 2.05) is 30.3 Å². The fourth-order valence-corrected chi connectivity index (χ4v) is 3.20. The van der Waals surface area contributed by atoms with Gasteiger partial charge in [0.05, 0.1) is 0 Å². The van der Waals surface area contributed by atoms with Crippen molar-refractivity contribution in [3.63, 3.8) is 0 Å². The molecule has 1 aromatic heterocycles. The lowest BCUT2D eigenvalue weighted by Gasteiger charge is -2.18. The van der Waals surface area contributed by atoms with Gasteiger partial charge in [-0.3, -0.25) is 0 Å². The van der Waals surface area contributed by atoms with E-state index in [9.17, 15) is 0 Å². The van der Waals surface area contributed by atoms with Gasteiger partial charge in [-0.1, -0.05) is 48.0 Å². The van der Waals surface area contributed by atoms with Crippen molar-refractivity contribution in [3.8, 4) is 0 Å². The van der Waals surface area contributed by atoms with Crippen LogP contribution in [0.4, 0.5) is 17.3 Å². The van der Waals surface area contributed by atoms with E-state index in [1.54, 1.807) is 6.33 Å². The molecule has 1 aliphatic heterocycles. The SMILES string of the molecule is Clc1ccccc1CNc1cc(N2CCc3ccccc32)ncn1. The van der Waals surface area contributed by atoms with Crippen molar-refractivity contribution in [2.45, 2.75) is 13.0 Å². The molecule has 0 unspecified atom stereocenters. The van der Waals surface area contributed by atoms with Crippen LogP contribution in [-0.4, -0.2) is 16.5 Å². The van der Waals surface area contributed by atoms with Crippen molar-refractivity contribution in [2.75, 3.05) is 16.8 Å². The summed E-state index contributed by atoms with van der Waals surface area (Å²) >= 11 is 6.20. The van der Waals surface area contributed by atoms with Crippen LogP contribution in [0.25, 0.3) is 0 Å². The third-order valence-electron chi connectivity index (χ3n) is 4.23. The Morgan fingerprint density at radius 3 is 2.79 bits per heavy atom. The lowest BCUT2D eigenvalue weighted by Crippen LogP contribution is -2.15. The number of nitrogens with one attached hydrogen (secondary N) is 1. The van der Waals surface area contributed by atoms with Gasteiger partial charge in [0.15, 0.2) is 0 Å². The summed E-state index contributed by atoms with van der Waals surface area (Å²) in [7, 11) is 0. The molecule has 0 fully saturated rings. The number of fused-ring (bicyclic) bond motifs is 1. The number of hydrogen-bond donors (Lipinski definition) is 1. The Hall–Kier alpha value is -2.59. The van der Waals surface area contributed by atoms with E-state index in [2.05, 4.69) is 44.5 Å². The Labute approximate surface area is 146 Å². The molecule has 4 rings (SSSR count). The lowest BCUT2D eigenvalue weighted by atomic mass is 10.2. The summed E-state index contributed by atoms with van der Waals surface area (Å²) in [5.74, 6) is 1.71. The molecule has 0 amide bonds. The normalized spacial score (nSPS) is 13.0. The summed E-state index contributed by atoms with van der Waals surface area (Å²) in [6, 6.07) is 18.3. The number of para-hydroxylation sites is 1. The Morgan fingerprint density at radius 2 is 1.88 bits per heavy atom. The van der Waals surface area contributed by atoms with E-state index in [0.717, 1.165) is 35.2 Å². The Balaban J connectivity index is 1.54. The fraction of sp³-hybridized carbons (Fsp3) is 0.158. The molecule has 1 aliphatic rings. The van der Waals surface area contributed by atoms with E-state index in [0.29, 0.717) is 6.54 Å². The molecule has 0 saturated carbocycles. The molecular formula is C19H17ClN4. The van der Waals surface area contributed by atoms with E-state index in [4.69, 9.17) is 11.6 Å². The molecule has 3 aromatic rings. The second-order valence-electron chi connectivity index (χ2n) is 5.74. The molecule has 0 radical (unpaired) electrons. The van der Waals surface area contributed by atoms with Gasteiger partial charge in [-0.2, -0.15) is 0 Å². The molecule has 120 valence electrons. The van der Waals surface area contributed by atoms with Crippen LogP contribution in [0.5, 0.6) is 0 Å². The number of halogens is 1. The molecule has 24 heavy (non-hydrogen) atoms. The maximum atomic E-state index is 6.20. The smallest absolute Gasteiger partial charge is 0.138 e. The fourth-order valence-electron chi connectivity index (χ4n) is 3.00. The number of benzene rings is 2. The number of hydrogen-bond acceptors (Lipinski definition) is 4. The van der Waals surface area contributed by atoms with Crippen molar-refractivity contribution in [3.05, 3.63) is 77.1 Å². The van der Waals surface area contributed by atoms with Gasteiger partial charge in [-0.25, -0.2) is 9.97 Å². The molecule has 0 aliphatic carbocycles. The first-order valence-corrected chi connectivity index (χ1v) is 8.34. The Morgan fingerprint density at radius 1 is 1.04 bits per heavy atom. The van der Waals surface area contributed by atoms with Gasteiger partial charge in [0.1, 0.15) is 18.0 Å². The van der Waals surface area contributed by atoms with Crippen LogP contribution in [0.15, 0.2) is 60.9 Å². The summed E-state index contributed by atoms with van der Waals surface area (Å²) in [5.41, 5.74) is 3.64. The van der Waals surface area contributed by atoms with Crippen molar-refractivity contribution in [2.24, 2.45) is 0 Å². The minimum absolute atomic E-state index is 0.632. The highest BCUT2D eigenvalue weighted by Crippen LogP contribution is 2.33. The second kappa shape index (κ2) is 6.49. The van der Waals surface area contributed by atoms with Crippen LogP contribution < -0.4 is 10.2 Å². The Kier molecular flexibility index (Phi) is 4.05. The molecule has 2 aromatic carbocycles. The molecule has 4 nitrogen and oxygen atoms in total. The molecule has 2 heterocycles. The van der Waals surface area contributed by atoms with Crippen LogP contribution in [-0.2, 0) is 13.0 Å². The van der Waals surface area contributed by atoms with Crippen LogP contribution >= 0.6 is 11.6 Å². The van der Waals surface area contributed by atoms with Gasteiger partial charge < -0.3 is 10.2 Å². The first kappa shape index (κ1) is 15.0. The molecule has 5 heteroatoms. The molecule has 0 saturated heterocycles. The Bertz CT molecular complexity index is 865. The first-order valence-electron chi connectivity index (χ1n) is 7.96. The lowest BCUT2D eigenvalue weighted by molar-refractivity contribution is 0.961. The van der Waals surface area contributed by atoms with Crippen LogP contribution in [0.3, 0.4) is 0 Å². The van der Waals surface area contributed by atoms with Gasteiger partial charge in [0, 0.05) is 29.9 Å². The van der Waals surface area contributed by atoms with Gasteiger partial charge in [0.2, 0.25) is 0 Å². The average Bonchev–Trinajstić information content (AvgIpc) is 3.05. The zero-order valence-electron chi connectivity index (χ0n) is 13.1. The molecular weight excluding hydrogens is 320 g/mol. The number of nitrogens with zero attached hydrogens (tertiary/aromatic N) is 3. The van der Waals surface area contributed by atoms with E-state index in [-0.39, 0.29) is 0 Å². The van der Waals surface area contributed by atoms with Crippen molar-refractivity contribution in [1.82, 2.24) is 9.97 Å². The zero-order valence-corrected chi connectivity index (χ0v) is 13.9. The average molecular weight is 337 g/mol. The highest BCUT2D eigenvalue weighted by Gasteiger charge is 2.20. The summed E-state index contributed by atoms with van der Waals surface area (Å²) in [4.78, 5) is 11.0. The number of rotatable bonds is 4. The standard InChI is InChI=1S/C19H17ClN4/c20-16-7-3-1-6-15(16)12-21-18-11-19(23-13-22-18)24-10-9-14-5-2-4-8-17(14)24/h1-8,11,13H,9-10,12H2,(H,21,22,23). The monoisotopic (exact) mass is 336 g/mol. The molecule has 0 spiro atoms. The van der Waals surface area contributed by atoms with Crippen molar-refractivity contribution in [1.29, 1.82) is 0 Å². The van der Waals surface area contributed by atoms with Gasteiger partial charge in [0.25, 0.3) is 0 Å². The highest BCUT2D eigenvalue weighted by atomic mass is 35.5. The highest BCUT2D eigenvalue weighted by molar-refractivity contribution is 6.31. The van der Waals surface area contributed by atoms with Gasteiger partial charge in [-0.05, 0) is 29.7 Å². The van der Waals surface area contributed by atoms with E-state index in [1.165, 1.54) is 11.3 Å². The van der Waals surface area contributed by atoms with Gasteiger partial charge in [-0.15, -0.1) is 0 Å². The van der Waals surface area contributed by atoms with E-state index < -0.39 is 0 Å². The summed E-state index contributed by atoms with van der Waals surface area (Å²) in [5, 5.41) is 4.08. The van der Waals surface area contributed by atoms with Crippen molar-refractivity contribution >= 4 is 28.9 Å². The quantitative estimate of drug-likeness (QED) is 0.765. The third-order valence-corrected chi connectivity index (χ3v) is 4.60. The molecule has 0 atom stereocenters. The predicted molar refractivity (Wildman–Crippen MR) is 98.0 cm³/mol. The van der Waals surface area contributed by atoms with Crippen LogP contribution in [0, 0.1) is 0 Å². The largest absolute Gasteiger partial charge is 0.366 e. The van der Waals surface area contributed by atoms with E-state index >= 15 is 0 Å². The van der Waals surface area contributed by atoms with Crippen LogP contribution in [0.2, 0.25) is 5.02 Å². The maximum absolute atomic E-state index is 6.20. The molecule has 0 bridgehead atoms. The maximum Gasteiger partial charge on any atom is 0.138 e. The third kappa shape index (κ3) is 2.93. The minimum atomic E-state index is 0.632. The zero-order chi connectivity index (χ0) is 16.4. The summed E-state index contributed by atoms with van der Waals surface area (Å²) in [6.45, 7) is 1.58. The van der Waals surface area contributed by atoms with Crippen LogP contribution in [0.1, 0.15) is 11.1 Å². The summed E-state index contributed by atoms with van der Waals surface area (Å²) < 4.78 is 0. The van der Waals surface area contributed by atoms with Gasteiger partial charge >= 0.3 is 0 Å². The molecule has 1 N–H and O–H groups in total. The topological polar surface area (TPSA) is 41.0 Å². The second-order valence-corrected chi connectivity index (χ2v) is 6.14. The minimum Gasteiger partial charge on any atom is -0.366 e. The summed E-state index contributed by atoms with van der Waals surface area (Å²) in [6.07, 6.45) is 2.65.